The van der Waals surface area contributed by atoms with Crippen molar-refractivity contribution in [2.75, 3.05) is 5.75 Å². The van der Waals surface area contributed by atoms with E-state index in [1.54, 1.807) is 24.5 Å². The van der Waals surface area contributed by atoms with E-state index in [1.807, 2.05) is 6.92 Å². The number of aromatic nitrogens is 5. The SMILES string of the molecule is CC[S+]([O-])c1cnc(-c2ncccn2)nc1-c1ccc(O)cn1. The van der Waals surface area contributed by atoms with Gasteiger partial charge in [0.2, 0.25) is 0 Å². The average molecular weight is 327 g/mol. The van der Waals surface area contributed by atoms with Crippen LogP contribution in [0.15, 0.2) is 47.9 Å². The highest BCUT2D eigenvalue weighted by Crippen LogP contribution is 2.26. The third-order valence-electron chi connectivity index (χ3n) is 3.02. The predicted octanol–water partition coefficient (Wildman–Crippen LogP) is 1.83. The van der Waals surface area contributed by atoms with Crippen LogP contribution in [0.2, 0.25) is 0 Å². The van der Waals surface area contributed by atoms with Crippen molar-refractivity contribution in [1.82, 2.24) is 24.9 Å². The Bertz CT molecular complexity index is 799. The number of rotatable bonds is 4. The summed E-state index contributed by atoms with van der Waals surface area (Å²) in [7, 11) is 0. The molecule has 0 aliphatic rings. The van der Waals surface area contributed by atoms with Gasteiger partial charge in [-0.1, -0.05) is 0 Å². The summed E-state index contributed by atoms with van der Waals surface area (Å²) in [6.07, 6.45) is 6.03. The van der Waals surface area contributed by atoms with Gasteiger partial charge in [-0.25, -0.2) is 19.9 Å². The summed E-state index contributed by atoms with van der Waals surface area (Å²) in [6, 6.07) is 4.82. The van der Waals surface area contributed by atoms with Crippen LogP contribution in [0.5, 0.6) is 5.75 Å². The van der Waals surface area contributed by atoms with Crippen molar-refractivity contribution in [2.45, 2.75) is 11.8 Å². The van der Waals surface area contributed by atoms with E-state index in [0.717, 1.165) is 0 Å². The number of hydrogen-bond acceptors (Lipinski definition) is 7. The first kappa shape index (κ1) is 15.3. The molecule has 7 nitrogen and oxygen atoms in total. The smallest absolute Gasteiger partial charge is 0.198 e. The first-order chi connectivity index (χ1) is 11.2. The standard InChI is InChI=1S/C15H13N5O2S/c1-2-23(22)12-9-19-15(14-16-6-3-7-17-14)20-13(12)11-5-4-10(21)8-18-11/h3-9,21H,2H2,1H3. The summed E-state index contributed by atoms with van der Waals surface area (Å²) >= 11 is -1.24. The molecule has 0 amide bonds. The Morgan fingerprint density at radius 2 is 1.83 bits per heavy atom. The Hall–Kier alpha value is -2.58. The van der Waals surface area contributed by atoms with Crippen LogP contribution < -0.4 is 0 Å². The topological polar surface area (TPSA) is 108 Å². The molecule has 0 saturated carbocycles. The zero-order valence-electron chi connectivity index (χ0n) is 12.2. The van der Waals surface area contributed by atoms with Gasteiger partial charge in [0.05, 0.1) is 18.1 Å². The second kappa shape index (κ2) is 6.67. The van der Waals surface area contributed by atoms with E-state index in [-0.39, 0.29) is 5.75 Å². The molecular weight excluding hydrogens is 314 g/mol. The molecular formula is C15H13N5O2S. The van der Waals surface area contributed by atoms with E-state index in [2.05, 4.69) is 24.9 Å². The van der Waals surface area contributed by atoms with Crippen LogP contribution in [0.3, 0.4) is 0 Å². The maximum absolute atomic E-state index is 12.2. The molecule has 3 aromatic rings. The van der Waals surface area contributed by atoms with Gasteiger partial charge < -0.3 is 9.66 Å². The van der Waals surface area contributed by atoms with Crippen molar-refractivity contribution in [3.8, 4) is 28.8 Å². The van der Waals surface area contributed by atoms with E-state index in [1.165, 1.54) is 18.5 Å². The van der Waals surface area contributed by atoms with Crippen LogP contribution in [-0.2, 0) is 11.2 Å². The van der Waals surface area contributed by atoms with Crippen LogP contribution in [-0.4, -0.2) is 40.3 Å². The fourth-order valence-corrected chi connectivity index (χ4v) is 2.77. The molecule has 0 fully saturated rings. The van der Waals surface area contributed by atoms with Crippen molar-refractivity contribution >= 4 is 11.2 Å². The fraction of sp³-hybridized carbons (Fsp3) is 0.133. The van der Waals surface area contributed by atoms with E-state index < -0.39 is 11.2 Å². The minimum absolute atomic E-state index is 0.0487. The second-order valence-electron chi connectivity index (χ2n) is 4.51. The zero-order valence-corrected chi connectivity index (χ0v) is 13.1. The quantitative estimate of drug-likeness (QED) is 0.728. The summed E-state index contributed by atoms with van der Waals surface area (Å²) in [5, 5.41) is 9.39. The highest BCUT2D eigenvalue weighted by Gasteiger charge is 2.21. The minimum atomic E-state index is -1.24. The number of nitrogens with zero attached hydrogens (tertiary/aromatic N) is 5. The molecule has 116 valence electrons. The van der Waals surface area contributed by atoms with Gasteiger partial charge in [0, 0.05) is 12.4 Å². The Labute approximate surface area is 135 Å². The van der Waals surface area contributed by atoms with Crippen LogP contribution >= 0.6 is 0 Å². The number of aromatic hydroxyl groups is 1. The van der Waals surface area contributed by atoms with Gasteiger partial charge >= 0.3 is 0 Å². The molecule has 0 bridgehead atoms. The number of hydrogen-bond donors (Lipinski definition) is 1. The highest BCUT2D eigenvalue weighted by molar-refractivity contribution is 7.91. The van der Waals surface area contributed by atoms with E-state index in [9.17, 15) is 9.66 Å². The minimum Gasteiger partial charge on any atom is -0.611 e. The summed E-state index contributed by atoms with van der Waals surface area (Å²) in [6.45, 7) is 1.82. The molecule has 1 unspecified atom stereocenters. The van der Waals surface area contributed by atoms with Crippen molar-refractivity contribution in [3.63, 3.8) is 0 Å². The van der Waals surface area contributed by atoms with Gasteiger partial charge in [-0.15, -0.1) is 0 Å². The van der Waals surface area contributed by atoms with Crippen molar-refractivity contribution < 1.29 is 9.66 Å². The number of pyridine rings is 1. The van der Waals surface area contributed by atoms with Crippen molar-refractivity contribution in [1.29, 1.82) is 0 Å². The summed E-state index contributed by atoms with van der Waals surface area (Å²) in [5.41, 5.74) is 0.946. The molecule has 0 aliphatic heterocycles. The van der Waals surface area contributed by atoms with Gasteiger partial charge in [0.25, 0.3) is 0 Å². The molecule has 0 saturated heterocycles. The summed E-state index contributed by atoms with van der Waals surface area (Å²) < 4.78 is 12.2. The molecule has 8 heteroatoms. The monoisotopic (exact) mass is 327 g/mol. The molecule has 3 aromatic heterocycles. The zero-order chi connectivity index (χ0) is 16.2. The molecule has 3 heterocycles. The molecule has 0 spiro atoms. The lowest BCUT2D eigenvalue weighted by Crippen LogP contribution is -2.09. The molecule has 23 heavy (non-hydrogen) atoms. The highest BCUT2D eigenvalue weighted by atomic mass is 32.2. The molecule has 3 rings (SSSR count). The van der Waals surface area contributed by atoms with Gasteiger partial charge in [-0.2, -0.15) is 0 Å². The maximum Gasteiger partial charge on any atom is 0.198 e. The third-order valence-corrected chi connectivity index (χ3v) is 4.33. The fourth-order valence-electron chi connectivity index (χ4n) is 1.92. The van der Waals surface area contributed by atoms with Crippen LogP contribution in [0.25, 0.3) is 23.0 Å². The van der Waals surface area contributed by atoms with E-state index in [0.29, 0.717) is 33.7 Å². The lowest BCUT2D eigenvalue weighted by Gasteiger charge is -2.12. The molecule has 1 atom stereocenters. The first-order valence-electron chi connectivity index (χ1n) is 6.87. The average Bonchev–Trinajstić information content (AvgIpc) is 2.62. The molecule has 1 N–H and O–H groups in total. The lowest BCUT2D eigenvalue weighted by molar-refractivity contribution is 0.473. The normalized spacial score (nSPS) is 12.1. The third kappa shape index (κ3) is 3.27. The van der Waals surface area contributed by atoms with Crippen LogP contribution in [0.4, 0.5) is 0 Å². The predicted molar refractivity (Wildman–Crippen MR) is 84.9 cm³/mol. The molecule has 0 aromatic carbocycles. The van der Waals surface area contributed by atoms with Gasteiger partial charge in [-0.05, 0) is 36.3 Å². The first-order valence-corrected chi connectivity index (χ1v) is 8.19. The van der Waals surface area contributed by atoms with Gasteiger partial charge in [0.1, 0.15) is 17.2 Å². The van der Waals surface area contributed by atoms with Crippen molar-refractivity contribution in [2.24, 2.45) is 0 Å². The summed E-state index contributed by atoms with van der Waals surface area (Å²) in [4.78, 5) is 21.5. The second-order valence-corrected chi connectivity index (χ2v) is 6.22. The van der Waals surface area contributed by atoms with Gasteiger partial charge in [-0.3, -0.25) is 4.98 Å². The molecule has 0 aliphatic carbocycles. The van der Waals surface area contributed by atoms with Crippen LogP contribution in [0.1, 0.15) is 6.92 Å². The maximum atomic E-state index is 12.2. The van der Waals surface area contributed by atoms with Crippen LogP contribution in [0, 0.1) is 0 Å². The van der Waals surface area contributed by atoms with E-state index in [4.69, 9.17) is 0 Å². The Kier molecular flexibility index (Phi) is 4.45. The Balaban J connectivity index is 2.14. The molecule has 0 radical (unpaired) electrons. The largest absolute Gasteiger partial charge is 0.611 e. The Morgan fingerprint density at radius 1 is 1.04 bits per heavy atom. The Morgan fingerprint density at radius 3 is 2.48 bits per heavy atom. The lowest BCUT2D eigenvalue weighted by atomic mass is 10.2. The summed E-state index contributed by atoms with van der Waals surface area (Å²) in [5.74, 6) is 1.19. The van der Waals surface area contributed by atoms with E-state index >= 15 is 0 Å². The van der Waals surface area contributed by atoms with Crippen molar-refractivity contribution in [3.05, 3.63) is 43.0 Å². The van der Waals surface area contributed by atoms with Gasteiger partial charge in [0.15, 0.2) is 16.5 Å².